The van der Waals surface area contributed by atoms with Gasteiger partial charge in [-0.1, -0.05) is 12.8 Å². The molecule has 2 aliphatic rings. The number of hydrogen-bond acceptors (Lipinski definition) is 4. The van der Waals surface area contributed by atoms with E-state index in [4.69, 9.17) is 0 Å². The molecule has 2 amide bonds. The molecule has 3 rings (SSSR count). The summed E-state index contributed by atoms with van der Waals surface area (Å²) in [5, 5.41) is 14.0. The second kappa shape index (κ2) is 7.21. The van der Waals surface area contributed by atoms with E-state index in [2.05, 4.69) is 5.32 Å². The Kier molecular flexibility index (Phi) is 5.01. The summed E-state index contributed by atoms with van der Waals surface area (Å²) < 4.78 is 0. The van der Waals surface area contributed by atoms with Crippen LogP contribution in [0.3, 0.4) is 0 Å². The van der Waals surface area contributed by atoms with E-state index < -0.39 is 11.0 Å². The molecule has 1 N–H and O–H groups in total. The first-order chi connectivity index (χ1) is 12.0. The summed E-state index contributed by atoms with van der Waals surface area (Å²) in [5.41, 5.74) is 0.833. The lowest BCUT2D eigenvalue weighted by Gasteiger charge is -2.25. The van der Waals surface area contributed by atoms with E-state index in [9.17, 15) is 19.7 Å². The normalized spacial score (nSPS) is 20.7. The van der Waals surface area contributed by atoms with Crippen molar-refractivity contribution in [1.82, 2.24) is 10.2 Å². The first-order valence-electron chi connectivity index (χ1n) is 8.84. The van der Waals surface area contributed by atoms with Gasteiger partial charge in [-0.2, -0.15) is 0 Å². The lowest BCUT2D eigenvalue weighted by atomic mass is 10.1. The van der Waals surface area contributed by atoms with Crippen LogP contribution in [0.2, 0.25) is 0 Å². The summed E-state index contributed by atoms with van der Waals surface area (Å²) in [7, 11) is 0. The maximum Gasteiger partial charge on any atom is 0.272 e. The molecule has 2 fully saturated rings. The quantitative estimate of drug-likeness (QED) is 0.670. The zero-order valence-corrected chi connectivity index (χ0v) is 14.4. The molecular weight excluding hydrogens is 322 g/mol. The molecule has 0 unspecified atom stereocenters. The van der Waals surface area contributed by atoms with Gasteiger partial charge in [0.2, 0.25) is 5.91 Å². The maximum atomic E-state index is 12.8. The second-order valence-corrected chi connectivity index (χ2v) is 6.90. The van der Waals surface area contributed by atoms with E-state index in [0.717, 1.165) is 32.1 Å². The highest BCUT2D eigenvalue weighted by atomic mass is 16.6. The van der Waals surface area contributed by atoms with Gasteiger partial charge in [-0.05, 0) is 44.7 Å². The van der Waals surface area contributed by atoms with Crippen molar-refractivity contribution in [3.63, 3.8) is 0 Å². The van der Waals surface area contributed by atoms with Crippen molar-refractivity contribution < 1.29 is 14.5 Å². The summed E-state index contributed by atoms with van der Waals surface area (Å²) in [6.45, 7) is 2.15. The van der Waals surface area contributed by atoms with Crippen LogP contribution in [0.4, 0.5) is 5.69 Å². The zero-order chi connectivity index (χ0) is 18.0. The highest BCUT2D eigenvalue weighted by molar-refractivity contribution is 5.98. The van der Waals surface area contributed by atoms with Crippen LogP contribution in [0, 0.1) is 17.0 Å². The molecule has 1 saturated carbocycles. The van der Waals surface area contributed by atoms with Crippen molar-refractivity contribution in [3.05, 3.63) is 39.4 Å². The van der Waals surface area contributed by atoms with Crippen molar-refractivity contribution >= 4 is 17.5 Å². The number of nitro groups is 1. The molecule has 7 heteroatoms. The molecule has 0 radical (unpaired) electrons. The average molecular weight is 345 g/mol. The van der Waals surface area contributed by atoms with Crippen molar-refractivity contribution in [2.24, 2.45) is 0 Å². The van der Waals surface area contributed by atoms with Crippen molar-refractivity contribution in [2.75, 3.05) is 6.54 Å². The van der Waals surface area contributed by atoms with Crippen molar-refractivity contribution in [1.29, 1.82) is 0 Å². The molecule has 1 aromatic carbocycles. The molecule has 0 aromatic heterocycles. The Morgan fingerprint density at radius 3 is 2.56 bits per heavy atom. The molecule has 1 saturated heterocycles. The number of nitrogens with one attached hydrogen (secondary N) is 1. The minimum atomic E-state index is -0.461. The number of amides is 2. The molecule has 7 nitrogen and oxygen atoms in total. The van der Waals surface area contributed by atoms with E-state index in [1.54, 1.807) is 11.8 Å². The fourth-order valence-electron chi connectivity index (χ4n) is 3.81. The number of hydrogen-bond donors (Lipinski definition) is 1. The number of aryl methyl sites for hydroxylation is 1. The Morgan fingerprint density at radius 1 is 1.20 bits per heavy atom. The Morgan fingerprint density at radius 2 is 1.92 bits per heavy atom. The molecule has 0 bridgehead atoms. The van der Waals surface area contributed by atoms with Gasteiger partial charge >= 0.3 is 0 Å². The summed E-state index contributed by atoms with van der Waals surface area (Å²) in [6, 6.07) is 4.14. The summed E-state index contributed by atoms with van der Waals surface area (Å²) in [4.78, 5) is 37.4. The minimum Gasteiger partial charge on any atom is -0.352 e. The number of nitro benzene ring substituents is 1. The van der Waals surface area contributed by atoms with Gasteiger partial charge in [0.15, 0.2) is 0 Å². The van der Waals surface area contributed by atoms with Gasteiger partial charge in [-0.15, -0.1) is 0 Å². The Hall–Kier alpha value is -2.44. The monoisotopic (exact) mass is 345 g/mol. The average Bonchev–Trinajstić information content (AvgIpc) is 3.24. The van der Waals surface area contributed by atoms with Crippen LogP contribution >= 0.6 is 0 Å². The van der Waals surface area contributed by atoms with Crippen LogP contribution in [0.1, 0.15) is 54.4 Å². The van der Waals surface area contributed by atoms with E-state index in [1.165, 1.54) is 18.2 Å². The van der Waals surface area contributed by atoms with E-state index in [0.29, 0.717) is 24.1 Å². The van der Waals surface area contributed by atoms with Crippen LogP contribution in [0.5, 0.6) is 0 Å². The second-order valence-electron chi connectivity index (χ2n) is 6.90. The Bertz CT molecular complexity index is 698. The third-order valence-corrected chi connectivity index (χ3v) is 5.16. The Balaban J connectivity index is 1.73. The summed E-state index contributed by atoms with van der Waals surface area (Å²) in [6.07, 6.45) is 5.75. The van der Waals surface area contributed by atoms with E-state index >= 15 is 0 Å². The number of benzene rings is 1. The number of likely N-dealkylation sites (tertiary alicyclic amines) is 1. The van der Waals surface area contributed by atoms with Crippen molar-refractivity contribution in [3.8, 4) is 0 Å². The van der Waals surface area contributed by atoms with Crippen LogP contribution in [-0.4, -0.2) is 40.3 Å². The fourth-order valence-corrected chi connectivity index (χ4v) is 3.81. The van der Waals surface area contributed by atoms with Gasteiger partial charge in [0, 0.05) is 29.8 Å². The first kappa shape index (κ1) is 17.4. The van der Waals surface area contributed by atoms with Gasteiger partial charge in [-0.3, -0.25) is 19.7 Å². The molecule has 1 aliphatic carbocycles. The SMILES string of the molecule is Cc1cc(C(=O)N2CCC[C@@H]2C(=O)NC2CCCC2)ccc1[N+](=O)[O-]. The molecule has 25 heavy (non-hydrogen) atoms. The van der Waals surface area contributed by atoms with Gasteiger partial charge in [-0.25, -0.2) is 0 Å². The highest BCUT2D eigenvalue weighted by Crippen LogP contribution is 2.25. The standard InChI is InChI=1S/C18H23N3O4/c1-12-11-13(8-9-15(12)21(24)25)18(23)20-10-4-7-16(20)17(22)19-14-5-2-3-6-14/h8-9,11,14,16H,2-7,10H2,1H3,(H,19,22)/t16-/m1/s1. The van der Waals surface area contributed by atoms with Gasteiger partial charge in [0.05, 0.1) is 4.92 Å². The molecule has 1 aliphatic heterocycles. The molecule has 0 spiro atoms. The third kappa shape index (κ3) is 3.65. The molecular formula is C18H23N3O4. The molecule has 134 valence electrons. The predicted octanol–water partition coefficient (Wildman–Crippen LogP) is 2.57. The number of carbonyl (C=O) groups excluding carboxylic acids is 2. The largest absolute Gasteiger partial charge is 0.352 e. The lowest BCUT2D eigenvalue weighted by molar-refractivity contribution is -0.385. The Labute approximate surface area is 146 Å². The maximum absolute atomic E-state index is 12.8. The third-order valence-electron chi connectivity index (χ3n) is 5.16. The summed E-state index contributed by atoms with van der Waals surface area (Å²) in [5.74, 6) is -0.307. The topological polar surface area (TPSA) is 92.6 Å². The molecule has 1 aromatic rings. The number of carbonyl (C=O) groups is 2. The smallest absolute Gasteiger partial charge is 0.272 e. The van der Waals surface area contributed by atoms with Crippen molar-refractivity contribution in [2.45, 2.75) is 57.5 Å². The van der Waals surface area contributed by atoms with Crippen LogP contribution in [0.25, 0.3) is 0 Å². The van der Waals surface area contributed by atoms with Gasteiger partial charge < -0.3 is 10.2 Å². The molecule has 1 atom stereocenters. The minimum absolute atomic E-state index is 0.00602. The first-order valence-corrected chi connectivity index (χ1v) is 8.84. The van der Waals surface area contributed by atoms with Crippen LogP contribution < -0.4 is 5.32 Å². The van der Waals surface area contributed by atoms with Crippen LogP contribution in [0.15, 0.2) is 18.2 Å². The van der Waals surface area contributed by atoms with E-state index in [1.807, 2.05) is 0 Å². The molecule has 1 heterocycles. The van der Waals surface area contributed by atoms with Crippen LogP contribution in [-0.2, 0) is 4.79 Å². The number of nitrogens with zero attached hydrogens (tertiary/aromatic N) is 2. The highest BCUT2D eigenvalue weighted by Gasteiger charge is 2.35. The number of rotatable bonds is 4. The van der Waals surface area contributed by atoms with E-state index in [-0.39, 0.29) is 23.5 Å². The van der Waals surface area contributed by atoms with Gasteiger partial charge in [0.1, 0.15) is 6.04 Å². The summed E-state index contributed by atoms with van der Waals surface area (Å²) >= 11 is 0. The lowest BCUT2D eigenvalue weighted by Crippen LogP contribution is -2.48. The predicted molar refractivity (Wildman–Crippen MR) is 92.3 cm³/mol. The zero-order valence-electron chi connectivity index (χ0n) is 14.4. The fraction of sp³-hybridized carbons (Fsp3) is 0.556. The van der Waals surface area contributed by atoms with Gasteiger partial charge in [0.25, 0.3) is 11.6 Å².